The number of aromatic nitrogens is 2. The quantitative estimate of drug-likeness (QED) is 0.337. The monoisotopic (exact) mass is 455 g/mol. The number of aryl methyl sites for hydroxylation is 1. The summed E-state index contributed by atoms with van der Waals surface area (Å²) in [7, 11) is 1.99. The average Bonchev–Trinajstić information content (AvgIpc) is 2.87. The molecule has 4 rings (SSSR count). The normalized spacial score (nSPS) is 11.3. The molecule has 34 heavy (non-hydrogen) atoms. The summed E-state index contributed by atoms with van der Waals surface area (Å²) in [5.74, 6) is -0.695. The summed E-state index contributed by atoms with van der Waals surface area (Å²) in [6, 6.07) is 26.8. The first-order valence-electron chi connectivity index (χ1n) is 11.5. The van der Waals surface area contributed by atoms with E-state index < -0.39 is 5.92 Å². The Hall–Kier alpha value is -3.77. The first-order valence-corrected chi connectivity index (χ1v) is 11.5. The van der Waals surface area contributed by atoms with Gasteiger partial charge in [-0.3, -0.25) is 14.2 Å². The van der Waals surface area contributed by atoms with Gasteiger partial charge in [-0.2, -0.15) is 0 Å². The van der Waals surface area contributed by atoms with Crippen LogP contribution in [0.25, 0.3) is 10.9 Å². The van der Waals surface area contributed by atoms with Crippen LogP contribution in [0.3, 0.4) is 0 Å². The number of fused-ring (bicyclic) bond motifs is 1. The van der Waals surface area contributed by atoms with E-state index in [1.807, 2.05) is 85.9 Å². The van der Waals surface area contributed by atoms with Crippen molar-refractivity contribution < 1.29 is 9.53 Å². The first-order chi connectivity index (χ1) is 16.6. The van der Waals surface area contributed by atoms with Crippen molar-refractivity contribution in [1.29, 1.82) is 0 Å². The van der Waals surface area contributed by atoms with Gasteiger partial charge in [0.2, 0.25) is 0 Å². The Kier molecular flexibility index (Phi) is 7.83. The third kappa shape index (κ3) is 5.77. The van der Waals surface area contributed by atoms with Crippen molar-refractivity contribution in [3.05, 3.63) is 113 Å². The van der Waals surface area contributed by atoms with Crippen LogP contribution in [0.4, 0.5) is 0 Å². The number of carbonyl (C=O) groups excluding carboxylic acids is 1. The number of para-hydroxylation sites is 1. The highest BCUT2D eigenvalue weighted by molar-refractivity contribution is 5.82. The second-order valence-electron chi connectivity index (χ2n) is 8.34. The Morgan fingerprint density at radius 3 is 2.21 bits per heavy atom. The van der Waals surface area contributed by atoms with Crippen LogP contribution in [0.2, 0.25) is 0 Å². The zero-order valence-corrected chi connectivity index (χ0v) is 19.3. The number of hydrogen-bond acceptors (Lipinski definition) is 5. The van der Waals surface area contributed by atoms with Crippen molar-refractivity contribution in [3.63, 3.8) is 0 Å². The van der Waals surface area contributed by atoms with Gasteiger partial charge in [0.25, 0.3) is 5.56 Å². The summed E-state index contributed by atoms with van der Waals surface area (Å²) < 4.78 is 7.32. The minimum atomic E-state index is -0.444. The number of benzene rings is 3. The molecule has 0 atom stereocenters. The van der Waals surface area contributed by atoms with Gasteiger partial charge >= 0.3 is 5.97 Å². The summed E-state index contributed by atoms with van der Waals surface area (Å²) in [6.07, 6.45) is 2.40. The van der Waals surface area contributed by atoms with Crippen LogP contribution in [0, 0.1) is 0 Å². The van der Waals surface area contributed by atoms with E-state index >= 15 is 0 Å². The standard InChI is InChI=1S/C28H29N3O3/c1-30(17-10-18-31-21-29-25-16-9-8-15-24(25)27(31)32)19-20-34-28(33)26(22-11-4-2-5-12-22)23-13-6-3-7-14-23/h2-9,11-16,21,26H,10,17-20H2,1H3. The number of hydrogen-bond donors (Lipinski definition) is 0. The molecule has 0 saturated carbocycles. The van der Waals surface area contributed by atoms with Crippen molar-refractivity contribution in [1.82, 2.24) is 14.5 Å². The topological polar surface area (TPSA) is 64.4 Å². The van der Waals surface area contributed by atoms with E-state index in [2.05, 4.69) is 9.88 Å². The van der Waals surface area contributed by atoms with E-state index in [0.29, 0.717) is 30.6 Å². The molecule has 0 radical (unpaired) electrons. The minimum absolute atomic E-state index is 0.0185. The molecule has 0 spiro atoms. The minimum Gasteiger partial charge on any atom is -0.464 e. The zero-order chi connectivity index (χ0) is 23.8. The molecule has 1 aromatic heterocycles. The van der Waals surface area contributed by atoms with Crippen molar-refractivity contribution >= 4 is 16.9 Å². The number of esters is 1. The molecule has 3 aromatic carbocycles. The molecule has 0 aliphatic rings. The number of carbonyl (C=O) groups is 1. The lowest BCUT2D eigenvalue weighted by Gasteiger charge is -2.20. The molecule has 4 aromatic rings. The fourth-order valence-corrected chi connectivity index (χ4v) is 4.03. The van der Waals surface area contributed by atoms with Gasteiger partial charge in [-0.15, -0.1) is 0 Å². The number of nitrogens with zero attached hydrogens (tertiary/aromatic N) is 3. The van der Waals surface area contributed by atoms with Crippen LogP contribution in [0.15, 0.2) is 96.1 Å². The van der Waals surface area contributed by atoms with Crippen LogP contribution in [-0.4, -0.2) is 47.2 Å². The fraction of sp³-hybridized carbons (Fsp3) is 0.250. The molecule has 0 N–H and O–H groups in total. The molecule has 174 valence electrons. The smallest absolute Gasteiger partial charge is 0.317 e. The van der Waals surface area contributed by atoms with Crippen molar-refractivity contribution in [2.75, 3.05) is 26.7 Å². The molecule has 0 aliphatic carbocycles. The van der Waals surface area contributed by atoms with Gasteiger partial charge < -0.3 is 9.64 Å². The van der Waals surface area contributed by atoms with Crippen LogP contribution >= 0.6 is 0 Å². The Bertz CT molecular complexity index is 1230. The van der Waals surface area contributed by atoms with E-state index in [0.717, 1.165) is 24.1 Å². The van der Waals surface area contributed by atoms with Gasteiger partial charge in [0.05, 0.1) is 17.2 Å². The molecule has 0 bridgehead atoms. The summed E-state index contributed by atoms with van der Waals surface area (Å²) in [5.41, 5.74) is 2.53. The zero-order valence-electron chi connectivity index (χ0n) is 19.3. The summed E-state index contributed by atoms with van der Waals surface area (Å²) >= 11 is 0. The molecular weight excluding hydrogens is 426 g/mol. The summed E-state index contributed by atoms with van der Waals surface area (Å²) in [6.45, 7) is 2.29. The van der Waals surface area contributed by atoms with Crippen LogP contribution in [0.5, 0.6) is 0 Å². The van der Waals surface area contributed by atoms with Crippen LogP contribution in [0.1, 0.15) is 23.5 Å². The first kappa shape index (κ1) is 23.4. The molecule has 0 aliphatic heterocycles. The molecule has 0 amide bonds. The molecular formula is C28H29N3O3. The van der Waals surface area contributed by atoms with E-state index in [1.165, 1.54) is 0 Å². The lowest BCUT2D eigenvalue weighted by atomic mass is 9.91. The van der Waals surface area contributed by atoms with Crippen LogP contribution < -0.4 is 5.56 Å². The summed E-state index contributed by atoms with van der Waals surface area (Å²) in [5, 5.41) is 0.636. The maximum atomic E-state index is 13.0. The second-order valence-corrected chi connectivity index (χ2v) is 8.34. The highest BCUT2D eigenvalue weighted by atomic mass is 16.5. The van der Waals surface area contributed by atoms with Crippen molar-refractivity contribution in [3.8, 4) is 0 Å². The van der Waals surface area contributed by atoms with E-state index in [9.17, 15) is 9.59 Å². The van der Waals surface area contributed by atoms with Gasteiger partial charge in [0.15, 0.2) is 0 Å². The lowest BCUT2D eigenvalue weighted by Crippen LogP contribution is -2.28. The third-order valence-electron chi connectivity index (χ3n) is 5.89. The SMILES string of the molecule is CN(CCCn1cnc2ccccc2c1=O)CCOC(=O)C(c1ccccc1)c1ccccc1. The average molecular weight is 456 g/mol. The maximum absolute atomic E-state index is 13.0. The predicted molar refractivity (Wildman–Crippen MR) is 134 cm³/mol. The number of rotatable bonds is 10. The molecule has 0 saturated heterocycles. The van der Waals surface area contributed by atoms with Gasteiger partial charge in [-0.05, 0) is 43.3 Å². The van der Waals surface area contributed by atoms with E-state index in [1.54, 1.807) is 17.0 Å². The van der Waals surface area contributed by atoms with E-state index in [4.69, 9.17) is 4.74 Å². The molecule has 0 fully saturated rings. The third-order valence-corrected chi connectivity index (χ3v) is 5.89. The highest BCUT2D eigenvalue weighted by Gasteiger charge is 2.24. The van der Waals surface area contributed by atoms with Crippen LogP contribution in [-0.2, 0) is 16.1 Å². The second kappa shape index (κ2) is 11.4. The van der Waals surface area contributed by atoms with Crippen molar-refractivity contribution in [2.24, 2.45) is 0 Å². The Balaban J connectivity index is 1.28. The Morgan fingerprint density at radius 2 is 1.53 bits per heavy atom. The molecule has 0 unspecified atom stereocenters. The van der Waals surface area contributed by atoms with Gasteiger partial charge in [0.1, 0.15) is 12.5 Å². The highest BCUT2D eigenvalue weighted by Crippen LogP contribution is 2.25. The predicted octanol–water partition coefficient (Wildman–Crippen LogP) is 4.09. The van der Waals surface area contributed by atoms with Gasteiger partial charge in [-0.1, -0.05) is 72.8 Å². The van der Waals surface area contributed by atoms with Crippen molar-refractivity contribution in [2.45, 2.75) is 18.9 Å². The Labute approximate surface area is 199 Å². The number of ether oxygens (including phenoxy) is 1. The van der Waals surface area contributed by atoms with E-state index in [-0.39, 0.29) is 11.5 Å². The Morgan fingerprint density at radius 1 is 0.912 bits per heavy atom. The van der Waals surface area contributed by atoms with Gasteiger partial charge in [-0.25, -0.2) is 4.98 Å². The molecule has 6 heteroatoms. The largest absolute Gasteiger partial charge is 0.464 e. The maximum Gasteiger partial charge on any atom is 0.317 e. The fourth-order valence-electron chi connectivity index (χ4n) is 4.03. The number of likely N-dealkylation sites (N-methyl/N-ethyl adjacent to an activating group) is 1. The van der Waals surface area contributed by atoms with Gasteiger partial charge in [0, 0.05) is 13.1 Å². The molecule has 6 nitrogen and oxygen atoms in total. The summed E-state index contributed by atoms with van der Waals surface area (Å²) in [4.78, 5) is 32.1. The molecule has 1 heterocycles. The lowest BCUT2D eigenvalue weighted by molar-refractivity contribution is -0.144.